The van der Waals surface area contributed by atoms with Crippen molar-refractivity contribution in [3.8, 4) is 0 Å². The van der Waals surface area contributed by atoms with Gasteiger partial charge in [0.2, 0.25) is 0 Å². The van der Waals surface area contributed by atoms with Crippen LogP contribution in [0.5, 0.6) is 0 Å². The van der Waals surface area contributed by atoms with E-state index in [1.54, 1.807) is 0 Å². The topological polar surface area (TPSA) is 41.1 Å². The fourth-order valence-electron chi connectivity index (χ4n) is 1.52. The molecule has 0 saturated heterocycles. The zero-order chi connectivity index (χ0) is 12.8. The fraction of sp³-hybridized carbons (Fsp3) is 0.417. The molecular formula is C12H16F2N2O. The highest BCUT2D eigenvalue weighted by molar-refractivity contribution is 5.89. The van der Waals surface area contributed by atoms with Crippen molar-refractivity contribution in [2.75, 3.05) is 5.32 Å². The minimum Gasteiger partial charge on any atom is -0.335 e. The third kappa shape index (κ3) is 4.80. The second-order valence-electron chi connectivity index (χ2n) is 3.95. The summed E-state index contributed by atoms with van der Waals surface area (Å²) < 4.78 is 25.7. The van der Waals surface area contributed by atoms with E-state index in [9.17, 15) is 13.6 Å². The molecule has 1 rings (SSSR count). The van der Waals surface area contributed by atoms with Crippen LogP contribution < -0.4 is 10.6 Å². The molecule has 3 nitrogen and oxygen atoms in total. The molecule has 94 valence electrons. The van der Waals surface area contributed by atoms with Gasteiger partial charge in [-0.2, -0.15) is 0 Å². The molecule has 0 fully saturated rings. The van der Waals surface area contributed by atoms with Gasteiger partial charge in [-0.15, -0.1) is 0 Å². The molecule has 1 atom stereocenters. The summed E-state index contributed by atoms with van der Waals surface area (Å²) in [6, 6.07) is 2.44. The molecule has 0 aliphatic rings. The van der Waals surface area contributed by atoms with Gasteiger partial charge < -0.3 is 10.6 Å². The van der Waals surface area contributed by atoms with Crippen molar-refractivity contribution in [3.63, 3.8) is 0 Å². The molecule has 0 aliphatic carbocycles. The normalized spacial score (nSPS) is 12.0. The van der Waals surface area contributed by atoms with Crippen LogP contribution in [0.3, 0.4) is 0 Å². The van der Waals surface area contributed by atoms with Crippen molar-refractivity contribution < 1.29 is 13.6 Å². The molecule has 1 aromatic carbocycles. The molecule has 5 heteroatoms. The number of nitrogens with one attached hydrogen (secondary N) is 2. The first-order valence-corrected chi connectivity index (χ1v) is 5.55. The van der Waals surface area contributed by atoms with Crippen LogP contribution >= 0.6 is 0 Å². The fourth-order valence-corrected chi connectivity index (χ4v) is 1.52. The predicted molar refractivity (Wildman–Crippen MR) is 62.9 cm³/mol. The highest BCUT2D eigenvalue weighted by Crippen LogP contribution is 2.12. The Morgan fingerprint density at radius 3 is 2.41 bits per heavy atom. The van der Waals surface area contributed by atoms with E-state index in [2.05, 4.69) is 10.6 Å². The van der Waals surface area contributed by atoms with Gasteiger partial charge in [0.15, 0.2) is 0 Å². The van der Waals surface area contributed by atoms with Crippen LogP contribution in [0.4, 0.5) is 19.3 Å². The van der Waals surface area contributed by atoms with Gasteiger partial charge in [-0.3, -0.25) is 0 Å². The molecule has 0 aromatic heterocycles. The van der Waals surface area contributed by atoms with Gasteiger partial charge in [-0.05, 0) is 25.5 Å². The maximum absolute atomic E-state index is 12.8. The molecular weight excluding hydrogens is 226 g/mol. The van der Waals surface area contributed by atoms with Crippen LogP contribution in [0, 0.1) is 11.6 Å². The van der Waals surface area contributed by atoms with Crippen molar-refractivity contribution in [3.05, 3.63) is 29.8 Å². The summed E-state index contributed by atoms with van der Waals surface area (Å²) in [4.78, 5) is 11.5. The Morgan fingerprint density at radius 2 is 1.88 bits per heavy atom. The van der Waals surface area contributed by atoms with Crippen LogP contribution in [0.2, 0.25) is 0 Å². The third-order valence-electron chi connectivity index (χ3n) is 2.22. The SMILES string of the molecule is CCCC(C)NC(=O)Nc1cc(F)cc(F)c1. The van der Waals surface area contributed by atoms with Gasteiger partial charge in [0.05, 0.1) is 0 Å². The molecule has 0 spiro atoms. The number of halogens is 2. The lowest BCUT2D eigenvalue weighted by Crippen LogP contribution is -2.35. The van der Waals surface area contributed by atoms with Crippen molar-refractivity contribution in [1.29, 1.82) is 0 Å². The first-order chi connectivity index (χ1) is 8.01. The molecule has 2 N–H and O–H groups in total. The molecule has 17 heavy (non-hydrogen) atoms. The van der Waals surface area contributed by atoms with Crippen LogP contribution in [-0.4, -0.2) is 12.1 Å². The van der Waals surface area contributed by atoms with Gasteiger partial charge in [0.1, 0.15) is 11.6 Å². The van der Waals surface area contributed by atoms with E-state index in [1.165, 1.54) is 0 Å². The second-order valence-corrected chi connectivity index (χ2v) is 3.95. The molecule has 0 aliphatic heterocycles. The summed E-state index contributed by atoms with van der Waals surface area (Å²) in [5, 5.41) is 5.06. The monoisotopic (exact) mass is 242 g/mol. The lowest BCUT2D eigenvalue weighted by atomic mass is 10.2. The molecule has 0 heterocycles. The van der Waals surface area contributed by atoms with E-state index < -0.39 is 17.7 Å². The van der Waals surface area contributed by atoms with Gasteiger partial charge >= 0.3 is 6.03 Å². The average molecular weight is 242 g/mol. The third-order valence-corrected chi connectivity index (χ3v) is 2.22. The van der Waals surface area contributed by atoms with Crippen LogP contribution in [-0.2, 0) is 0 Å². The number of rotatable bonds is 4. The number of carbonyl (C=O) groups excluding carboxylic acids is 1. The predicted octanol–water partition coefficient (Wildman–Crippen LogP) is 3.27. The number of hydrogen-bond donors (Lipinski definition) is 2. The Bertz CT molecular complexity index is 376. The van der Waals surface area contributed by atoms with Crippen molar-refractivity contribution in [2.45, 2.75) is 32.7 Å². The summed E-state index contributed by atoms with van der Waals surface area (Å²) >= 11 is 0. The highest BCUT2D eigenvalue weighted by Gasteiger charge is 2.07. The van der Waals surface area contributed by atoms with Gasteiger partial charge in [0.25, 0.3) is 0 Å². The minimum absolute atomic E-state index is 0.0263. The van der Waals surface area contributed by atoms with E-state index in [0.717, 1.165) is 31.0 Å². The Balaban J connectivity index is 2.56. The second kappa shape index (κ2) is 6.18. The molecule has 0 radical (unpaired) electrons. The number of benzene rings is 1. The molecule has 2 amide bonds. The van der Waals surface area contributed by atoms with E-state index >= 15 is 0 Å². The standard InChI is InChI=1S/C12H16F2N2O/c1-3-4-8(2)15-12(17)16-11-6-9(13)5-10(14)7-11/h5-8H,3-4H2,1-2H3,(H2,15,16,17). The Kier molecular flexibility index (Phi) is 4.87. The van der Waals surface area contributed by atoms with Crippen molar-refractivity contribution in [2.24, 2.45) is 0 Å². The van der Waals surface area contributed by atoms with Gasteiger partial charge in [-0.1, -0.05) is 13.3 Å². The summed E-state index contributed by atoms with van der Waals surface area (Å²) in [6.07, 6.45) is 1.81. The van der Waals surface area contributed by atoms with Gasteiger partial charge in [0, 0.05) is 17.8 Å². The summed E-state index contributed by atoms with van der Waals surface area (Å²) in [5.74, 6) is -1.44. The number of anilines is 1. The number of hydrogen-bond acceptors (Lipinski definition) is 1. The Labute approximate surface area is 99.2 Å². The first kappa shape index (κ1) is 13.4. The number of carbonyl (C=O) groups is 1. The van der Waals surface area contributed by atoms with E-state index in [1.807, 2.05) is 13.8 Å². The quantitative estimate of drug-likeness (QED) is 0.835. The van der Waals surface area contributed by atoms with Gasteiger partial charge in [-0.25, -0.2) is 13.6 Å². The summed E-state index contributed by atoms with van der Waals surface area (Å²) in [7, 11) is 0. The maximum Gasteiger partial charge on any atom is 0.319 e. The van der Waals surface area contributed by atoms with E-state index in [4.69, 9.17) is 0 Å². The molecule has 1 unspecified atom stereocenters. The number of amides is 2. The molecule has 0 saturated carbocycles. The Morgan fingerprint density at radius 1 is 1.29 bits per heavy atom. The molecule has 1 aromatic rings. The van der Waals surface area contributed by atoms with Crippen LogP contribution in [0.15, 0.2) is 18.2 Å². The van der Waals surface area contributed by atoms with Crippen molar-refractivity contribution >= 4 is 11.7 Å². The first-order valence-electron chi connectivity index (χ1n) is 5.55. The zero-order valence-corrected chi connectivity index (χ0v) is 9.89. The number of urea groups is 1. The Hall–Kier alpha value is -1.65. The van der Waals surface area contributed by atoms with Crippen LogP contribution in [0.1, 0.15) is 26.7 Å². The van der Waals surface area contributed by atoms with Crippen LogP contribution in [0.25, 0.3) is 0 Å². The van der Waals surface area contributed by atoms with E-state index in [0.29, 0.717) is 0 Å². The minimum atomic E-state index is -0.720. The maximum atomic E-state index is 12.8. The lowest BCUT2D eigenvalue weighted by Gasteiger charge is -2.13. The smallest absolute Gasteiger partial charge is 0.319 e. The summed E-state index contributed by atoms with van der Waals surface area (Å²) in [5.41, 5.74) is 0.101. The highest BCUT2D eigenvalue weighted by atomic mass is 19.1. The zero-order valence-electron chi connectivity index (χ0n) is 9.89. The summed E-state index contributed by atoms with van der Waals surface area (Å²) in [6.45, 7) is 3.88. The van der Waals surface area contributed by atoms with Crippen molar-refractivity contribution in [1.82, 2.24) is 5.32 Å². The average Bonchev–Trinajstić information content (AvgIpc) is 2.14. The lowest BCUT2D eigenvalue weighted by molar-refractivity contribution is 0.248. The largest absolute Gasteiger partial charge is 0.335 e. The van der Waals surface area contributed by atoms with E-state index in [-0.39, 0.29) is 11.7 Å². The molecule has 0 bridgehead atoms.